The molecule has 6 atom stereocenters. The molecule has 1 aliphatic carbocycles. The minimum absolute atomic E-state index is 0.00484. The number of H-pyrrole nitrogens is 1. The number of carbonyl (C=O) groups is 1. The number of esters is 1. The lowest BCUT2D eigenvalue weighted by Gasteiger charge is -2.30. The summed E-state index contributed by atoms with van der Waals surface area (Å²) in [5, 5.41) is 0.302. The number of hydrogen-bond donors (Lipinski definition) is 2. The van der Waals surface area contributed by atoms with Crippen molar-refractivity contribution in [2.45, 2.75) is 51.9 Å². The predicted octanol–water partition coefficient (Wildman–Crippen LogP) is 5.12. The Hall–Kier alpha value is -3.09. The van der Waals surface area contributed by atoms with E-state index >= 15 is 0 Å². The SMILES string of the molecule is C=C1C(n2cnc3c(=O)[nH]c(N)nc32)C[C@H](OC(=O)[C@@H](C)C(C)C)[C@H]1CO[P@]1(=O)OCC[C@H](c2cc(Cl)ccc2F)O1. The van der Waals surface area contributed by atoms with E-state index in [1.54, 1.807) is 11.5 Å². The van der Waals surface area contributed by atoms with Crippen molar-refractivity contribution in [2.75, 3.05) is 18.9 Å². The number of imidazole rings is 1. The van der Waals surface area contributed by atoms with Crippen molar-refractivity contribution in [2.24, 2.45) is 17.8 Å². The highest BCUT2D eigenvalue weighted by molar-refractivity contribution is 7.48. The number of nitrogens with zero attached hydrogens (tertiary/aromatic N) is 3. The summed E-state index contributed by atoms with van der Waals surface area (Å²) in [6.45, 7) is 9.59. The van der Waals surface area contributed by atoms with Crippen molar-refractivity contribution in [1.29, 1.82) is 0 Å². The zero-order valence-electron chi connectivity index (χ0n) is 23.3. The largest absolute Gasteiger partial charge is 0.475 e. The third kappa shape index (κ3) is 6.02. The lowest BCUT2D eigenvalue weighted by atomic mass is 9.98. The Bertz CT molecular complexity index is 1630. The van der Waals surface area contributed by atoms with Crippen LogP contribution in [0.3, 0.4) is 0 Å². The molecule has 0 radical (unpaired) electrons. The number of nitrogens with two attached hydrogens (primary N) is 1. The van der Waals surface area contributed by atoms with Crippen LogP contribution in [0.5, 0.6) is 0 Å². The first-order chi connectivity index (χ1) is 19.9. The van der Waals surface area contributed by atoms with Crippen molar-refractivity contribution in [1.82, 2.24) is 19.5 Å². The normalized spacial score (nSPS) is 27.0. The topological polar surface area (TPSA) is 161 Å². The fraction of sp³-hybridized carbons (Fsp3) is 0.481. The van der Waals surface area contributed by atoms with Crippen molar-refractivity contribution in [3.05, 3.63) is 63.4 Å². The fourth-order valence-electron chi connectivity index (χ4n) is 5.08. The van der Waals surface area contributed by atoms with Crippen LogP contribution >= 0.6 is 19.4 Å². The third-order valence-corrected chi connectivity index (χ3v) is 9.55. The molecule has 5 rings (SSSR count). The molecule has 3 aromatic rings. The van der Waals surface area contributed by atoms with Crippen LogP contribution in [0, 0.1) is 23.6 Å². The third-order valence-electron chi connectivity index (χ3n) is 7.84. The van der Waals surface area contributed by atoms with Gasteiger partial charge in [-0.15, -0.1) is 0 Å². The second kappa shape index (κ2) is 11.9. The number of nitrogens with one attached hydrogen (secondary N) is 1. The molecule has 2 aromatic heterocycles. The minimum Gasteiger partial charge on any atom is -0.461 e. The Morgan fingerprint density at radius 2 is 2.14 bits per heavy atom. The number of aromatic nitrogens is 4. The molecule has 2 aliphatic rings. The molecule has 1 saturated heterocycles. The maximum atomic E-state index is 14.5. The first-order valence-corrected chi connectivity index (χ1v) is 15.3. The average Bonchev–Trinajstić information content (AvgIpc) is 3.48. The van der Waals surface area contributed by atoms with Crippen LogP contribution < -0.4 is 11.3 Å². The van der Waals surface area contributed by atoms with E-state index in [0.717, 1.165) is 0 Å². The molecule has 1 aliphatic heterocycles. The molecule has 0 amide bonds. The molecule has 2 fully saturated rings. The molecular weight excluding hydrogens is 592 g/mol. The molecule has 3 N–H and O–H groups in total. The highest BCUT2D eigenvalue weighted by Crippen LogP contribution is 2.58. The summed E-state index contributed by atoms with van der Waals surface area (Å²) < 4.78 is 52.4. The second-order valence-corrected chi connectivity index (χ2v) is 12.9. The van der Waals surface area contributed by atoms with Gasteiger partial charge >= 0.3 is 13.8 Å². The molecule has 3 heterocycles. The van der Waals surface area contributed by atoms with Gasteiger partial charge in [0.1, 0.15) is 11.9 Å². The molecule has 42 heavy (non-hydrogen) atoms. The first kappa shape index (κ1) is 30.4. The zero-order chi connectivity index (χ0) is 30.3. The number of hydrogen-bond acceptors (Lipinski definition) is 10. The number of halogens is 2. The number of fused-ring (bicyclic) bond motifs is 1. The van der Waals surface area contributed by atoms with Crippen LogP contribution in [-0.2, 0) is 27.7 Å². The van der Waals surface area contributed by atoms with E-state index in [1.807, 2.05) is 13.8 Å². The Morgan fingerprint density at radius 3 is 2.88 bits per heavy atom. The smallest absolute Gasteiger partial charge is 0.461 e. The number of rotatable bonds is 8. The van der Waals surface area contributed by atoms with Crippen molar-refractivity contribution in [3.63, 3.8) is 0 Å². The standard InChI is InChI=1S/C27H32ClFN5O7P/c1-13(2)14(3)26(36)40-22-10-20(34-12-31-23-24(34)32-27(30)33-25(23)35)15(4)18(22)11-39-42(37)38-8-7-21(41-42)17-9-16(28)5-6-19(17)29/h5-6,9,12-14,18,20-22H,4,7-8,10-11H2,1-3H3,(H3,30,32,33,35)/t14-,18-,20?,21+,22-,42-/m0/s1. The van der Waals surface area contributed by atoms with E-state index in [0.29, 0.717) is 10.6 Å². The Labute approximate surface area is 246 Å². The first-order valence-electron chi connectivity index (χ1n) is 13.5. The van der Waals surface area contributed by atoms with Crippen molar-refractivity contribution < 1.29 is 32.1 Å². The van der Waals surface area contributed by atoms with Gasteiger partial charge in [0.2, 0.25) is 5.95 Å². The number of ether oxygens (including phenoxy) is 1. The second-order valence-electron chi connectivity index (χ2n) is 10.8. The summed E-state index contributed by atoms with van der Waals surface area (Å²) in [6.07, 6.45) is 0.298. The highest BCUT2D eigenvalue weighted by atomic mass is 35.5. The molecule has 1 saturated carbocycles. The van der Waals surface area contributed by atoms with E-state index in [2.05, 4.69) is 21.5 Å². The van der Waals surface area contributed by atoms with Gasteiger partial charge in [-0.3, -0.25) is 28.1 Å². The molecule has 12 nitrogen and oxygen atoms in total. The van der Waals surface area contributed by atoms with Crippen LogP contribution in [0.2, 0.25) is 5.02 Å². The van der Waals surface area contributed by atoms with E-state index in [4.69, 9.17) is 35.6 Å². The van der Waals surface area contributed by atoms with Gasteiger partial charge in [0, 0.05) is 29.3 Å². The van der Waals surface area contributed by atoms with Crippen LogP contribution in [0.1, 0.15) is 51.3 Å². The van der Waals surface area contributed by atoms with Gasteiger partial charge in [-0.2, -0.15) is 4.98 Å². The van der Waals surface area contributed by atoms with Gasteiger partial charge < -0.3 is 15.0 Å². The summed E-state index contributed by atoms with van der Waals surface area (Å²) in [5.74, 6) is -2.04. The Kier molecular flexibility index (Phi) is 8.60. The van der Waals surface area contributed by atoms with E-state index in [-0.39, 0.29) is 60.6 Å². The quantitative estimate of drug-likeness (QED) is 0.196. The summed E-state index contributed by atoms with van der Waals surface area (Å²) in [5.41, 5.74) is 6.31. The lowest BCUT2D eigenvalue weighted by Crippen LogP contribution is -2.30. The fourth-order valence-corrected chi connectivity index (χ4v) is 6.66. The predicted molar refractivity (Wildman–Crippen MR) is 152 cm³/mol. The zero-order valence-corrected chi connectivity index (χ0v) is 24.9. The number of anilines is 1. The summed E-state index contributed by atoms with van der Waals surface area (Å²) >= 11 is 6.04. The number of phosphoric acid groups is 1. The summed E-state index contributed by atoms with van der Waals surface area (Å²) in [4.78, 5) is 36.2. The van der Waals surface area contributed by atoms with Gasteiger partial charge in [0.05, 0.1) is 37.6 Å². The van der Waals surface area contributed by atoms with Crippen LogP contribution in [-0.4, -0.2) is 44.8 Å². The van der Waals surface area contributed by atoms with E-state index in [9.17, 15) is 18.5 Å². The van der Waals surface area contributed by atoms with Gasteiger partial charge in [-0.05, 0) is 29.7 Å². The molecule has 0 spiro atoms. The Balaban J connectivity index is 1.40. The number of carbonyl (C=O) groups excluding carboxylic acids is 1. The van der Waals surface area contributed by atoms with Crippen LogP contribution in [0.15, 0.2) is 41.5 Å². The molecule has 1 aromatic carbocycles. The number of aromatic amines is 1. The van der Waals surface area contributed by atoms with Crippen molar-refractivity contribution in [3.8, 4) is 0 Å². The van der Waals surface area contributed by atoms with Crippen LogP contribution in [0.25, 0.3) is 11.2 Å². The minimum atomic E-state index is -4.16. The van der Waals surface area contributed by atoms with E-state index < -0.39 is 49.3 Å². The number of benzene rings is 1. The van der Waals surface area contributed by atoms with Gasteiger partial charge in [0.15, 0.2) is 11.2 Å². The lowest BCUT2D eigenvalue weighted by molar-refractivity contribution is -0.157. The average molecular weight is 624 g/mol. The highest BCUT2D eigenvalue weighted by Gasteiger charge is 2.45. The molecule has 15 heteroatoms. The molecule has 226 valence electrons. The van der Waals surface area contributed by atoms with Gasteiger partial charge in [0.25, 0.3) is 5.56 Å². The van der Waals surface area contributed by atoms with E-state index in [1.165, 1.54) is 24.5 Å². The molecular formula is C27H32ClFN5O7P. The Morgan fingerprint density at radius 1 is 1.38 bits per heavy atom. The summed E-state index contributed by atoms with van der Waals surface area (Å²) in [7, 11) is -4.16. The van der Waals surface area contributed by atoms with Crippen LogP contribution in [0.4, 0.5) is 10.3 Å². The monoisotopic (exact) mass is 623 g/mol. The molecule has 1 unspecified atom stereocenters. The maximum Gasteiger partial charge on any atom is 0.475 e. The van der Waals surface area contributed by atoms with Gasteiger partial charge in [-0.25, -0.2) is 13.9 Å². The van der Waals surface area contributed by atoms with Crippen molar-refractivity contribution >= 4 is 42.5 Å². The van der Waals surface area contributed by atoms with Gasteiger partial charge in [-0.1, -0.05) is 39.0 Å². The molecule has 0 bridgehead atoms. The summed E-state index contributed by atoms with van der Waals surface area (Å²) in [6, 6.07) is 3.51. The maximum absolute atomic E-state index is 14.5. The number of phosphoric ester groups is 1. The number of nitrogen functional groups attached to an aromatic ring is 1.